The van der Waals surface area contributed by atoms with Crippen LogP contribution in [0.25, 0.3) is 11.0 Å². The van der Waals surface area contributed by atoms with Crippen molar-refractivity contribution in [1.82, 2.24) is 14.9 Å². The van der Waals surface area contributed by atoms with Crippen LogP contribution in [-0.4, -0.2) is 33.3 Å². The molecule has 1 heterocycles. The number of fused-ring (bicyclic) bond motifs is 1. The average molecular weight is 287 g/mol. The Balaban J connectivity index is 1.98. The van der Waals surface area contributed by atoms with Crippen molar-refractivity contribution in [2.75, 3.05) is 13.2 Å². The molecule has 114 valence electrons. The van der Waals surface area contributed by atoms with Crippen molar-refractivity contribution in [2.45, 2.75) is 51.1 Å². The number of aliphatic hydroxyl groups is 1. The van der Waals surface area contributed by atoms with Gasteiger partial charge in [0.25, 0.3) is 0 Å². The zero-order valence-corrected chi connectivity index (χ0v) is 13.0. The number of aryl methyl sites for hydroxylation is 1. The maximum absolute atomic E-state index is 9.82. The summed E-state index contributed by atoms with van der Waals surface area (Å²) in [5.74, 6) is 1.16. The third kappa shape index (κ3) is 2.47. The second-order valence-electron chi connectivity index (χ2n) is 6.11. The van der Waals surface area contributed by atoms with E-state index in [0.29, 0.717) is 6.04 Å². The molecule has 2 unspecified atom stereocenters. The van der Waals surface area contributed by atoms with Crippen molar-refractivity contribution in [3.05, 3.63) is 30.1 Å². The molecule has 3 rings (SSSR count). The van der Waals surface area contributed by atoms with Gasteiger partial charge in [0, 0.05) is 18.0 Å². The molecule has 4 nitrogen and oxygen atoms in total. The Morgan fingerprint density at radius 1 is 1.38 bits per heavy atom. The topological polar surface area (TPSA) is 50.1 Å². The number of imidazole rings is 1. The standard InChI is InChI=1S/C17H25N3O/c1-3-16-19-14-7-5-6-8-15(14)20(16)13-9-10-17(11-13,12-21)18-4-2/h5-8,13,18,21H,3-4,9-12H2,1-2H3. The van der Waals surface area contributed by atoms with Gasteiger partial charge in [-0.3, -0.25) is 0 Å². The van der Waals surface area contributed by atoms with Gasteiger partial charge >= 0.3 is 0 Å². The number of rotatable bonds is 5. The molecule has 1 aliphatic rings. The van der Waals surface area contributed by atoms with Crippen LogP contribution in [0.15, 0.2) is 24.3 Å². The lowest BCUT2D eigenvalue weighted by molar-refractivity contribution is 0.162. The van der Waals surface area contributed by atoms with E-state index in [-0.39, 0.29) is 12.1 Å². The lowest BCUT2D eigenvalue weighted by Crippen LogP contribution is -2.46. The first-order valence-electron chi connectivity index (χ1n) is 8.04. The molecule has 0 spiro atoms. The number of nitrogens with one attached hydrogen (secondary N) is 1. The van der Waals surface area contributed by atoms with Crippen LogP contribution in [0.2, 0.25) is 0 Å². The van der Waals surface area contributed by atoms with E-state index in [4.69, 9.17) is 4.98 Å². The molecule has 21 heavy (non-hydrogen) atoms. The summed E-state index contributed by atoms with van der Waals surface area (Å²) in [6, 6.07) is 8.80. The molecule has 2 atom stereocenters. The van der Waals surface area contributed by atoms with Gasteiger partial charge in [-0.15, -0.1) is 0 Å². The van der Waals surface area contributed by atoms with Crippen molar-refractivity contribution in [1.29, 1.82) is 0 Å². The van der Waals surface area contributed by atoms with Crippen molar-refractivity contribution in [3.63, 3.8) is 0 Å². The minimum absolute atomic E-state index is 0.115. The summed E-state index contributed by atoms with van der Waals surface area (Å²) >= 11 is 0. The predicted molar refractivity (Wildman–Crippen MR) is 85.5 cm³/mol. The highest BCUT2D eigenvalue weighted by Crippen LogP contribution is 2.39. The summed E-state index contributed by atoms with van der Waals surface area (Å²) in [6.45, 7) is 5.38. The van der Waals surface area contributed by atoms with Gasteiger partial charge in [0.1, 0.15) is 5.82 Å². The maximum Gasteiger partial charge on any atom is 0.109 e. The van der Waals surface area contributed by atoms with Gasteiger partial charge in [0.2, 0.25) is 0 Å². The highest BCUT2D eigenvalue weighted by atomic mass is 16.3. The van der Waals surface area contributed by atoms with E-state index in [2.05, 4.69) is 41.9 Å². The summed E-state index contributed by atoms with van der Waals surface area (Å²) in [6.07, 6.45) is 4.04. The Morgan fingerprint density at radius 3 is 2.90 bits per heavy atom. The van der Waals surface area contributed by atoms with Crippen LogP contribution in [0, 0.1) is 0 Å². The van der Waals surface area contributed by atoms with Crippen LogP contribution in [0.5, 0.6) is 0 Å². The molecule has 0 amide bonds. The second-order valence-corrected chi connectivity index (χ2v) is 6.11. The zero-order chi connectivity index (χ0) is 14.9. The number of nitrogens with zero attached hydrogens (tertiary/aromatic N) is 2. The first-order chi connectivity index (χ1) is 10.2. The molecule has 0 radical (unpaired) electrons. The van der Waals surface area contributed by atoms with E-state index in [1.54, 1.807) is 0 Å². The summed E-state index contributed by atoms with van der Waals surface area (Å²) in [4.78, 5) is 4.78. The van der Waals surface area contributed by atoms with Gasteiger partial charge in [-0.1, -0.05) is 26.0 Å². The summed E-state index contributed by atoms with van der Waals surface area (Å²) in [5, 5.41) is 13.3. The average Bonchev–Trinajstić information content (AvgIpc) is 3.08. The Morgan fingerprint density at radius 2 is 2.19 bits per heavy atom. The Kier molecular flexibility index (Phi) is 4.00. The molecule has 2 aromatic rings. The quantitative estimate of drug-likeness (QED) is 0.889. The molecule has 0 saturated heterocycles. The molecule has 4 heteroatoms. The molecule has 0 aliphatic heterocycles. The largest absolute Gasteiger partial charge is 0.394 e. The van der Waals surface area contributed by atoms with Crippen LogP contribution in [0.1, 0.15) is 45.0 Å². The van der Waals surface area contributed by atoms with Crippen molar-refractivity contribution < 1.29 is 5.11 Å². The highest BCUT2D eigenvalue weighted by Gasteiger charge is 2.39. The number of aliphatic hydroxyl groups excluding tert-OH is 1. The zero-order valence-electron chi connectivity index (χ0n) is 13.0. The van der Waals surface area contributed by atoms with E-state index in [1.165, 1.54) is 5.52 Å². The fourth-order valence-corrected chi connectivity index (χ4v) is 3.80. The highest BCUT2D eigenvalue weighted by molar-refractivity contribution is 5.76. The SMILES string of the molecule is CCNC1(CO)CCC(n2c(CC)nc3ccccc32)C1. The van der Waals surface area contributed by atoms with Crippen molar-refractivity contribution in [2.24, 2.45) is 0 Å². The van der Waals surface area contributed by atoms with Gasteiger partial charge < -0.3 is 15.0 Å². The normalized spacial score (nSPS) is 25.8. The Hall–Kier alpha value is -1.39. The number of hydrogen-bond donors (Lipinski definition) is 2. The third-order valence-corrected chi connectivity index (χ3v) is 4.79. The third-order valence-electron chi connectivity index (χ3n) is 4.79. The lowest BCUT2D eigenvalue weighted by Gasteiger charge is -2.28. The van der Waals surface area contributed by atoms with Crippen LogP contribution in [-0.2, 0) is 6.42 Å². The van der Waals surface area contributed by atoms with Gasteiger partial charge in [-0.25, -0.2) is 4.98 Å². The molecular formula is C17H25N3O. The molecule has 1 fully saturated rings. The van der Waals surface area contributed by atoms with Crippen molar-refractivity contribution in [3.8, 4) is 0 Å². The number of hydrogen-bond acceptors (Lipinski definition) is 3. The van der Waals surface area contributed by atoms with Crippen LogP contribution >= 0.6 is 0 Å². The van der Waals surface area contributed by atoms with Gasteiger partial charge in [-0.2, -0.15) is 0 Å². The number of aromatic nitrogens is 2. The minimum atomic E-state index is -0.115. The van der Waals surface area contributed by atoms with Gasteiger partial charge in [0.15, 0.2) is 0 Å². The number of benzene rings is 1. The molecule has 2 N–H and O–H groups in total. The van der Waals surface area contributed by atoms with E-state index in [9.17, 15) is 5.11 Å². The molecule has 1 aromatic carbocycles. The summed E-state index contributed by atoms with van der Waals surface area (Å²) in [7, 11) is 0. The predicted octanol–water partition coefficient (Wildman–Crippen LogP) is 2.66. The number of para-hydroxylation sites is 2. The van der Waals surface area contributed by atoms with E-state index in [1.807, 2.05) is 6.07 Å². The summed E-state index contributed by atoms with van der Waals surface area (Å²) < 4.78 is 2.41. The first-order valence-corrected chi connectivity index (χ1v) is 8.04. The van der Waals surface area contributed by atoms with Gasteiger partial charge in [-0.05, 0) is 37.9 Å². The van der Waals surface area contributed by atoms with E-state index in [0.717, 1.165) is 43.6 Å². The minimum Gasteiger partial charge on any atom is -0.394 e. The lowest BCUT2D eigenvalue weighted by atomic mass is 9.98. The van der Waals surface area contributed by atoms with E-state index < -0.39 is 0 Å². The monoisotopic (exact) mass is 287 g/mol. The van der Waals surface area contributed by atoms with Gasteiger partial charge in [0.05, 0.1) is 17.6 Å². The Labute approximate surface area is 126 Å². The summed E-state index contributed by atoms with van der Waals surface area (Å²) in [5.41, 5.74) is 2.19. The fourth-order valence-electron chi connectivity index (χ4n) is 3.80. The molecule has 1 aromatic heterocycles. The second kappa shape index (κ2) is 5.78. The number of likely N-dealkylation sites (N-methyl/N-ethyl adjacent to an activating group) is 1. The Bertz CT molecular complexity index is 622. The van der Waals surface area contributed by atoms with Crippen molar-refractivity contribution >= 4 is 11.0 Å². The smallest absolute Gasteiger partial charge is 0.109 e. The van der Waals surface area contributed by atoms with Crippen LogP contribution < -0.4 is 5.32 Å². The van der Waals surface area contributed by atoms with Crippen LogP contribution in [0.3, 0.4) is 0 Å². The van der Waals surface area contributed by atoms with E-state index >= 15 is 0 Å². The van der Waals surface area contributed by atoms with Crippen LogP contribution in [0.4, 0.5) is 0 Å². The maximum atomic E-state index is 9.82. The molecule has 1 saturated carbocycles. The fraction of sp³-hybridized carbons (Fsp3) is 0.588. The molecule has 1 aliphatic carbocycles. The molecule has 0 bridgehead atoms. The first kappa shape index (κ1) is 14.5. The molecular weight excluding hydrogens is 262 g/mol.